The van der Waals surface area contributed by atoms with Gasteiger partial charge in [0.25, 0.3) is 5.56 Å². The fourth-order valence-electron chi connectivity index (χ4n) is 2.36. The highest BCUT2D eigenvalue weighted by atomic mass is 19.3. The largest absolute Gasteiger partial charge is 0.434 e. The topological polar surface area (TPSA) is 47.0 Å². The highest BCUT2D eigenvalue weighted by Crippen LogP contribution is 2.20. The van der Waals surface area contributed by atoms with Crippen LogP contribution in [0.4, 0.5) is 8.78 Å². The van der Waals surface area contributed by atoms with E-state index in [1.165, 1.54) is 16.8 Å². The second-order valence-electron chi connectivity index (χ2n) is 5.04. The van der Waals surface area contributed by atoms with Crippen molar-refractivity contribution in [3.05, 3.63) is 81.1 Å². The molecule has 4 nitrogen and oxygen atoms in total. The van der Waals surface area contributed by atoms with E-state index < -0.39 is 6.61 Å². The standard InChI is InChI=1S/C18H14F2N2O2/c1-12-15(11-13-7-5-6-10-16(13)24-18(19)20)17(23)22(21-12)14-8-3-2-4-9-14/h2-11,18,21H,1H2/b15-11-. The molecule has 1 heterocycles. The van der Waals surface area contributed by atoms with Crippen LogP contribution in [0.1, 0.15) is 5.56 Å². The van der Waals surface area contributed by atoms with Crippen LogP contribution in [-0.2, 0) is 0 Å². The van der Waals surface area contributed by atoms with Gasteiger partial charge < -0.3 is 4.74 Å². The number of hydrogen-bond acceptors (Lipinski definition) is 2. The molecule has 0 amide bonds. The number of aromatic nitrogens is 2. The molecular weight excluding hydrogens is 314 g/mol. The average Bonchev–Trinajstić information content (AvgIpc) is 2.85. The number of halogens is 2. The predicted molar refractivity (Wildman–Crippen MR) is 87.8 cm³/mol. The Bertz CT molecular complexity index is 1010. The first-order chi connectivity index (χ1) is 11.6. The first kappa shape index (κ1) is 15.7. The lowest BCUT2D eigenvalue weighted by molar-refractivity contribution is -0.0499. The van der Waals surface area contributed by atoms with Crippen LogP contribution in [0.2, 0.25) is 0 Å². The molecule has 0 aliphatic carbocycles. The van der Waals surface area contributed by atoms with E-state index >= 15 is 0 Å². The van der Waals surface area contributed by atoms with Crippen LogP contribution in [0.5, 0.6) is 5.75 Å². The Hall–Kier alpha value is -3.15. The Morgan fingerprint density at radius 3 is 2.46 bits per heavy atom. The third-order valence-corrected chi connectivity index (χ3v) is 3.45. The molecule has 0 aliphatic heterocycles. The number of para-hydroxylation sites is 2. The summed E-state index contributed by atoms with van der Waals surface area (Å²) in [6.45, 7) is 0.879. The maximum atomic E-state index is 12.6. The minimum atomic E-state index is -2.94. The van der Waals surface area contributed by atoms with Crippen molar-refractivity contribution in [2.75, 3.05) is 0 Å². The summed E-state index contributed by atoms with van der Waals surface area (Å²) in [6.07, 6.45) is 1.48. The second kappa shape index (κ2) is 6.54. The number of hydrogen-bond donors (Lipinski definition) is 1. The first-order valence-electron chi connectivity index (χ1n) is 7.17. The van der Waals surface area contributed by atoms with Crippen molar-refractivity contribution < 1.29 is 13.5 Å². The van der Waals surface area contributed by atoms with Gasteiger partial charge >= 0.3 is 6.61 Å². The van der Waals surface area contributed by atoms with Gasteiger partial charge in [0.05, 0.1) is 16.3 Å². The summed E-state index contributed by atoms with van der Waals surface area (Å²) in [6, 6.07) is 15.3. The van der Waals surface area contributed by atoms with E-state index in [1.807, 2.05) is 6.07 Å². The van der Waals surface area contributed by atoms with Crippen LogP contribution in [0.3, 0.4) is 0 Å². The summed E-state index contributed by atoms with van der Waals surface area (Å²) in [7, 11) is 0. The number of H-pyrrole nitrogens is 1. The molecule has 1 N–H and O–H groups in total. The van der Waals surface area contributed by atoms with Crippen LogP contribution >= 0.6 is 0 Å². The van der Waals surface area contributed by atoms with Crippen LogP contribution < -0.4 is 20.9 Å². The van der Waals surface area contributed by atoms with Crippen molar-refractivity contribution >= 4 is 12.7 Å². The molecular formula is C18H14F2N2O2. The number of ether oxygens (including phenoxy) is 1. The molecule has 0 unspecified atom stereocenters. The van der Waals surface area contributed by atoms with E-state index in [-0.39, 0.29) is 16.5 Å². The second-order valence-corrected chi connectivity index (χ2v) is 5.04. The molecule has 0 bridgehead atoms. The quantitative estimate of drug-likeness (QED) is 0.796. The Morgan fingerprint density at radius 2 is 1.75 bits per heavy atom. The Kier molecular flexibility index (Phi) is 4.29. The summed E-state index contributed by atoms with van der Waals surface area (Å²) in [5.74, 6) is -0.00115. The fraction of sp³-hybridized carbons (Fsp3) is 0.0556. The lowest BCUT2D eigenvalue weighted by atomic mass is 10.1. The molecule has 3 rings (SSSR count). The van der Waals surface area contributed by atoms with Gasteiger partial charge in [-0.2, -0.15) is 8.78 Å². The maximum absolute atomic E-state index is 12.6. The molecule has 24 heavy (non-hydrogen) atoms. The minimum Gasteiger partial charge on any atom is -0.434 e. The zero-order valence-corrected chi connectivity index (χ0v) is 12.6. The third-order valence-electron chi connectivity index (χ3n) is 3.45. The van der Waals surface area contributed by atoms with Gasteiger partial charge in [0.15, 0.2) is 0 Å². The number of rotatable bonds is 4. The van der Waals surface area contributed by atoms with E-state index in [0.717, 1.165) is 0 Å². The monoisotopic (exact) mass is 328 g/mol. The Morgan fingerprint density at radius 1 is 1.08 bits per heavy atom. The summed E-state index contributed by atoms with van der Waals surface area (Å²) < 4.78 is 30.8. The van der Waals surface area contributed by atoms with Crippen molar-refractivity contribution in [1.29, 1.82) is 0 Å². The van der Waals surface area contributed by atoms with Crippen molar-refractivity contribution in [2.24, 2.45) is 0 Å². The SMILES string of the molecule is C=c1[nH]n(-c2ccccc2)c(=O)/c1=C\c1ccccc1OC(F)F. The van der Waals surface area contributed by atoms with Crippen LogP contribution in [0.25, 0.3) is 18.3 Å². The summed E-state index contributed by atoms with van der Waals surface area (Å²) >= 11 is 0. The summed E-state index contributed by atoms with van der Waals surface area (Å²) in [5.41, 5.74) is 0.709. The molecule has 3 aromatic rings. The third kappa shape index (κ3) is 3.12. The Labute approximate surface area is 135 Å². The van der Waals surface area contributed by atoms with Crippen molar-refractivity contribution in [3.63, 3.8) is 0 Å². The van der Waals surface area contributed by atoms with Gasteiger partial charge in [0, 0.05) is 5.56 Å². The zero-order valence-electron chi connectivity index (χ0n) is 12.6. The Balaban J connectivity index is 2.15. The highest BCUT2D eigenvalue weighted by Gasteiger charge is 2.09. The predicted octanol–water partition coefficient (Wildman–Crippen LogP) is 2.01. The average molecular weight is 328 g/mol. The van der Waals surface area contributed by atoms with Crippen molar-refractivity contribution in [3.8, 4) is 11.4 Å². The van der Waals surface area contributed by atoms with Gasteiger partial charge in [-0.05, 0) is 24.3 Å². The van der Waals surface area contributed by atoms with E-state index in [9.17, 15) is 13.6 Å². The van der Waals surface area contributed by atoms with E-state index in [1.54, 1.807) is 42.5 Å². The molecule has 2 aromatic carbocycles. The van der Waals surface area contributed by atoms with Gasteiger partial charge in [0.2, 0.25) is 0 Å². The maximum Gasteiger partial charge on any atom is 0.387 e. The van der Waals surface area contributed by atoms with Crippen LogP contribution in [-0.4, -0.2) is 16.4 Å². The lowest BCUT2D eigenvalue weighted by Gasteiger charge is -2.06. The van der Waals surface area contributed by atoms with Gasteiger partial charge in [0.1, 0.15) is 5.75 Å². The molecule has 0 radical (unpaired) electrons. The van der Waals surface area contributed by atoms with E-state index in [2.05, 4.69) is 16.4 Å². The molecule has 1 aromatic heterocycles. The molecule has 6 heteroatoms. The number of aromatic amines is 1. The van der Waals surface area contributed by atoms with E-state index in [4.69, 9.17) is 0 Å². The van der Waals surface area contributed by atoms with Crippen LogP contribution in [0, 0.1) is 0 Å². The number of nitrogens with one attached hydrogen (secondary N) is 1. The minimum absolute atomic E-state index is 0.00115. The highest BCUT2D eigenvalue weighted by molar-refractivity contribution is 5.57. The molecule has 0 saturated carbocycles. The van der Waals surface area contributed by atoms with Gasteiger partial charge in [-0.15, -0.1) is 0 Å². The molecule has 122 valence electrons. The van der Waals surface area contributed by atoms with Crippen LogP contribution in [0.15, 0.2) is 59.4 Å². The smallest absolute Gasteiger partial charge is 0.387 e. The lowest BCUT2D eigenvalue weighted by Crippen LogP contribution is -2.34. The van der Waals surface area contributed by atoms with E-state index in [0.29, 0.717) is 16.6 Å². The summed E-state index contributed by atoms with van der Waals surface area (Å²) in [5, 5.41) is 3.55. The van der Waals surface area contributed by atoms with Crippen molar-refractivity contribution in [1.82, 2.24) is 9.78 Å². The zero-order chi connectivity index (χ0) is 17.1. The van der Waals surface area contributed by atoms with Gasteiger partial charge in [-0.1, -0.05) is 43.0 Å². The summed E-state index contributed by atoms with van der Waals surface area (Å²) in [4.78, 5) is 12.6. The van der Waals surface area contributed by atoms with Gasteiger partial charge in [-0.25, -0.2) is 4.68 Å². The molecule has 0 saturated heterocycles. The molecule has 0 atom stereocenters. The molecule has 0 aliphatic rings. The number of benzene rings is 2. The van der Waals surface area contributed by atoms with Gasteiger partial charge in [-0.3, -0.25) is 9.89 Å². The normalized spacial score (nSPS) is 11.9. The number of nitrogens with zero attached hydrogens (tertiary/aromatic N) is 1. The number of alkyl halides is 2. The fourth-order valence-corrected chi connectivity index (χ4v) is 2.36. The first-order valence-corrected chi connectivity index (χ1v) is 7.17. The van der Waals surface area contributed by atoms with Crippen molar-refractivity contribution in [2.45, 2.75) is 6.61 Å². The molecule has 0 fully saturated rings. The molecule has 0 spiro atoms.